The highest BCUT2D eigenvalue weighted by Crippen LogP contribution is 2.36. The molecule has 1 aromatic heterocycles. The summed E-state index contributed by atoms with van der Waals surface area (Å²) in [6.45, 7) is 6.39. The first-order valence-electron chi connectivity index (χ1n) is 15.1. The number of hydrogen-bond acceptors (Lipinski definition) is 7. The molecule has 0 N–H and O–H groups in total. The molecule has 3 heterocycles. The third-order valence-corrected chi connectivity index (χ3v) is 8.19. The van der Waals surface area contributed by atoms with Crippen LogP contribution in [0, 0.1) is 0 Å². The van der Waals surface area contributed by atoms with Crippen molar-refractivity contribution in [2.24, 2.45) is 0 Å². The Bertz CT molecular complexity index is 1680. The van der Waals surface area contributed by atoms with E-state index in [4.69, 9.17) is 14.2 Å². The van der Waals surface area contributed by atoms with E-state index in [1.165, 1.54) is 16.8 Å². The summed E-state index contributed by atoms with van der Waals surface area (Å²) in [6.07, 6.45) is 3.34. The normalized spacial score (nSPS) is 15.2. The number of allylic oxidation sites excluding steroid dienone is 1. The van der Waals surface area contributed by atoms with Gasteiger partial charge in [0.05, 0.1) is 6.54 Å². The van der Waals surface area contributed by atoms with Gasteiger partial charge < -0.3 is 19.1 Å². The highest BCUT2D eigenvalue weighted by molar-refractivity contribution is 5.98. The van der Waals surface area contributed by atoms with Crippen molar-refractivity contribution in [1.29, 1.82) is 0 Å². The second-order valence-electron chi connectivity index (χ2n) is 10.9. The average Bonchev–Trinajstić information content (AvgIpc) is 3.79. The molecule has 8 heteroatoms. The highest BCUT2D eigenvalue weighted by Gasteiger charge is 2.20. The molecule has 1 saturated heterocycles. The number of aromatic nitrogens is 3. The fourth-order valence-electron chi connectivity index (χ4n) is 5.87. The van der Waals surface area contributed by atoms with E-state index in [0.29, 0.717) is 19.9 Å². The number of nitrogens with zero attached hydrogens (tertiary/aromatic N) is 5. The topological polar surface area (TPSA) is 64.9 Å². The van der Waals surface area contributed by atoms with Crippen LogP contribution in [0.4, 0.5) is 5.69 Å². The monoisotopic (exact) mass is 585 g/mol. The number of rotatable bonds is 10. The molecule has 8 nitrogen and oxygen atoms in total. The van der Waals surface area contributed by atoms with Gasteiger partial charge in [0, 0.05) is 44.5 Å². The second kappa shape index (κ2) is 13.1. The summed E-state index contributed by atoms with van der Waals surface area (Å²) in [5, 5.41) is 4.40. The van der Waals surface area contributed by atoms with Crippen LogP contribution in [0.25, 0.3) is 11.1 Å². The molecule has 2 aliphatic rings. The Morgan fingerprint density at radius 1 is 0.727 bits per heavy atom. The van der Waals surface area contributed by atoms with E-state index in [0.717, 1.165) is 66.7 Å². The fraction of sp³-hybridized carbons (Fsp3) is 0.222. The Balaban J connectivity index is 1.02. The lowest BCUT2D eigenvalue weighted by molar-refractivity contribution is 0.174. The summed E-state index contributed by atoms with van der Waals surface area (Å²) in [5.41, 5.74) is 6.96. The van der Waals surface area contributed by atoms with Gasteiger partial charge in [0.25, 0.3) is 0 Å². The minimum Gasteiger partial charge on any atom is -0.492 e. The van der Waals surface area contributed by atoms with Gasteiger partial charge in [-0.2, -0.15) is 5.10 Å². The zero-order valence-corrected chi connectivity index (χ0v) is 24.6. The first-order valence-corrected chi connectivity index (χ1v) is 15.1. The van der Waals surface area contributed by atoms with Gasteiger partial charge in [0.1, 0.15) is 25.0 Å². The Hall–Kier alpha value is -5.08. The van der Waals surface area contributed by atoms with Crippen LogP contribution in [0.2, 0.25) is 0 Å². The van der Waals surface area contributed by atoms with Crippen LogP contribution < -0.4 is 19.1 Å². The molecule has 0 spiro atoms. The molecule has 0 atom stereocenters. The van der Waals surface area contributed by atoms with Crippen molar-refractivity contribution < 1.29 is 14.2 Å². The largest absolute Gasteiger partial charge is 0.492 e. The predicted octanol–water partition coefficient (Wildman–Crippen LogP) is 5.87. The second-order valence-corrected chi connectivity index (χ2v) is 10.9. The Morgan fingerprint density at radius 3 is 2.16 bits per heavy atom. The van der Waals surface area contributed by atoms with Crippen LogP contribution >= 0.6 is 0 Å². The maximum Gasteiger partial charge on any atom is 0.231 e. The van der Waals surface area contributed by atoms with Gasteiger partial charge in [-0.15, -0.1) is 0 Å². The number of benzene rings is 4. The molecule has 0 bridgehead atoms. The molecule has 0 radical (unpaired) electrons. The quantitative estimate of drug-likeness (QED) is 0.190. The van der Waals surface area contributed by atoms with E-state index in [2.05, 4.69) is 111 Å². The zero-order chi connectivity index (χ0) is 29.6. The highest BCUT2D eigenvalue weighted by atomic mass is 16.7. The number of fused-ring (bicyclic) bond motifs is 1. The minimum atomic E-state index is 0.304. The van der Waals surface area contributed by atoms with Crippen LogP contribution in [0.5, 0.6) is 17.2 Å². The van der Waals surface area contributed by atoms with Crippen LogP contribution in [-0.2, 0) is 6.54 Å². The molecule has 1 fully saturated rings. The summed E-state index contributed by atoms with van der Waals surface area (Å²) in [4.78, 5) is 9.04. The molecular formula is C36H35N5O3. The van der Waals surface area contributed by atoms with Crippen molar-refractivity contribution in [2.45, 2.75) is 6.54 Å². The number of piperazine rings is 1. The molecule has 44 heavy (non-hydrogen) atoms. The average molecular weight is 586 g/mol. The van der Waals surface area contributed by atoms with Gasteiger partial charge in [-0.3, -0.25) is 4.90 Å². The lowest BCUT2D eigenvalue weighted by Gasteiger charge is -2.36. The summed E-state index contributed by atoms with van der Waals surface area (Å²) >= 11 is 0. The Labute approximate surface area is 257 Å². The van der Waals surface area contributed by atoms with Crippen molar-refractivity contribution in [3.05, 3.63) is 132 Å². The Morgan fingerprint density at radius 2 is 1.43 bits per heavy atom. The summed E-state index contributed by atoms with van der Waals surface area (Å²) in [6, 6.07) is 35.7. The lowest BCUT2D eigenvalue weighted by Crippen LogP contribution is -2.47. The fourth-order valence-corrected chi connectivity index (χ4v) is 5.87. The van der Waals surface area contributed by atoms with Crippen LogP contribution in [-0.4, -0.2) is 65.8 Å². The first kappa shape index (κ1) is 27.7. The van der Waals surface area contributed by atoms with Gasteiger partial charge in [-0.1, -0.05) is 72.8 Å². The van der Waals surface area contributed by atoms with Gasteiger partial charge in [-0.25, -0.2) is 9.67 Å². The molecule has 7 rings (SSSR count). The van der Waals surface area contributed by atoms with E-state index in [1.54, 1.807) is 12.7 Å². The van der Waals surface area contributed by atoms with E-state index >= 15 is 0 Å². The SMILES string of the molecule is c1ccc(/C(Cn2cncn2)=C(/c2ccccc2)c2ccc(OCCN3CCN(c4ccc5c(c4)OCO5)CC3)cc2)cc1. The predicted molar refractivity (Wildman–Crippen MR) is 172 cm³/mol. The molecule has 222 valence electrons. The summed E-state index contributed by atoms with van der Waals surface area (Å²) in [7, 11) is 0. The molecule has 0 unspecified atom stereocenters. The van der Waals surface area contributed by atoms with Gasteiger partial charge in [0.15, 0.2) is 11.5 Å². The van der Waals surface area contributed by atoms with Crippen LogP contribution in [0.1, 0.15) is 16.7 Å². The van der Waals surface area contributed by atoms with Gasteiger partial charge >= 0.3 is 0 Å². The third kappa shape index (κ3) is 6.31. The van der Waals surface area contributed by atoms with E-state index in [-0.39, 0.29) is 0 Å². The number of ether oxygens (including phenoxy) is 3. The number of anilines is 1. The third-order valence-electron chi connectivity index (χ3n) is 8.19. The van der Waals surface area contributed by atoms with Crippen molar-refractivity contribution >= 4 is 16.8 Å². The number of hydrogen-bond donors (Lipinski definition) is 0. The lowest BCUT2D eigenvalue weighted by atomic mass is 9.89. The zero-order valence-electron chi connectivity index (χ0n) is 24.6. The van der Waals surface area contributed by atoms with Gasteiger partial charge in [0.2, 0.25) is 6.79 Å². The minimum absolute atomic E-state index is 0.304. The maximum absolute atomic E-state index is 6.22. The molecule has 0 aliphatic carbocycles. The maximum atomic E-state index is 6.22. The van der Waals surface area contributed by atoms with Crippen molar-refractivity contribution in [1.82, 2.24) is 19.7 Å². The first-order chi connectivity index (χ1) is 21.8. The molecule has 0 saturated carbocycles. The van der Waals surface area contributed by atoms with E-state index in [1.807, 2.05) is 16.8 Å². The van der Waals surface area contributed by atoms with E-state index in [9.17, 15) is 0 Å². The molecule has 5 aromatic rings. The van der Waals surface area contributed by atoms with Crippen LogP contribution in [0.15, 0.2) is 116 Å². The molecule has 2 aliphatic heterocycles. The molecule has 4 aromatic carbocycles. The van der Waals surface area contributed by atoms with E-state index < -0.39 is 0 Å². The Kier molecular flexibility index (Phi) is 8.23. The smallest absolute Gasteiger partial charge is 0.231 e. The molecular weight excluding hydrogens is 550 g/mol. The van der Waals surface area contributed by atoms with Crippen LogP contribution in [0.3, 0.4) is 0 Å². The van der Waals surface area contributed by atoms with Crippen molar-refractivity contribution in [2.75, 3.05) is 51.0 Å². The van der Waals surface area contributed by atoms with Crippen molar-refractivity contribution in [3.63, 3.8) is 0 Å². The van der Waals surface area contributed by atoms with Crippen molar-refractivity contribution in [3.8, 4) is 17.2 Å². The molecule has 0 amide bonds. The summed E-state index contributed by atoms with van der Waals surface area (Å²) < 4.78 is 19.1. The standard InChI is InChI=1S/C36H35N5O3/c1-3-7-28(8-4-1)33(24-41-26-37-25-38-41)36(29-9-5-2-6-10-29)30-11-14-32(15-12-30)42-22-21-39-17-19-40(20-18-39)31-13-16-34-35(23-31)44-27-43-34/h1-16,23,25-26H,17-22,24,27H2/b36-33-. The van der Waals surface area contributed by atoms with Gasteiger partial charge in [-0.05, 0) is 52.1 Å². The summed E-state index contributed by atoms with van der Waals surface area (Å²) in [5.74, 6) is 2.54.